The highest BCUT2D eigenvalue weighted by atomic mass is 32.2. The van der Waals surface area contributed by atoms with Crippen LogP contribution in [0.25, 0.3) is 0 Å². The number of sulfonamides is 1. The Morgan fingerprint density at radius 2 is 1.76 bits per heavy atom. The fourth-order valence-corrected chi connectivity index (χ4v) is 5.39. The topological polar surface area (TPSA) is 89.7 Å². The second kappa shape index (κ2) is 7.74. The van der Waals surface area contributed by atoms with Gasteiger partial charge in [0.05, 0.1) is 11.5 Å². The van der Waals surface area contributed by atoms with E-state index in [0.717, 1.165) is 0 Å². The minimum atomic E-state index is -3.71. The number of hydrogen-bond acceptors (Lipinski definition) is 4. The summed E-state index contributed by atoms with van der Waals surface area (Å²) in [7, 11) is -3.71. The number of carbonyl (C=O) groups excluding carboxylic acids is 1. The van der Waals surface area contributed by atoms with Gasteiger partial charge in [-0.25, -0.2) is 8.42 Å². The van der Waals surface area contributed by atoms with Crippen molar-refractivity contribution in [2.24, 2.45) is 11.7 Å². The number of nitrogens with two attached hydrogens (primary N) is 1. The van der Waals surface area contributed by atoms with Crippen molar-refractivity contribution in [3.8, 4) is 5.75 Å². The van der Waals surface area contributed by atoms with Gasteiger partial charge in [-0.3, -0.25) is 4.79 Å². The average Bonchev–Trinajstić information content (AvgIpc) is 3.12. The van der Waals surface area contributed by atoms with Gasteiger partial charge in [0, 0.05) is 6.54 Å². The predicted octanol–water partition coefficient (Wildman–Crippen LogP) is 2.28. The summed E-state index contributed by atoms with van der Waals surface area (Å²) >= 11 is 0. The van der Waals surface area contributed by atoms with Crippen molar-refractivity contribution in [3.63, 3.8) is 0 Å². The number of carbonyl (C=O) groups is 1. The van der Waals surface area contributed by atoms with Gasteiger partial charge in [-0.05, 0) is 55.9 Å². The molecule has 1 aromatic rings. The molecule has 2 fully saturated rings. The van der Waals surface area contributed by atoms with Crippen molar-refractivity contribution < 1.29 is 17.9 Å². The summed E-state index contributed by atoms with van der Waals surface area (Å²) in [5.41, 5.74) is 5.33. The summed E-state index contributed by atoms with van der Waals surface area (Å²) in [5.74, 6) is 0.684. The highest BCUT2D eigenvalue weighted by molar-refractivity contribution is 7.89. The molecule has 1 aromatic carbocycles. The zero-order valence-corrected chi connectivity index (χ0v) is 15.2. The lowest BCUT2D eigenvalue weighted by molar-refractivity contribution is -0.121. The molecule has 2 aliphatic rings. The third-order valence-electron chi connectivity index (χ3n) is 5.17. The van der Waals surface area contributed by atoms with Gasteiger partial charge in [0.15, 0.2) is 0 Å². The van der Waals surface area contributed by atoms with E-state index in [1.807, 2.05) is 0 Å². The first kappa shape index (κ1) is 18.2. The highest BCUT2D eigenvalue weighted by Gasteiger charge is 2.38. The van der Waals surface area contributed by atoms with E-state index in [1.54, 1.807) is 24.3 Å². The van der Waals surface area contributed by atoms with Crippen LogP contribution in [0.3, 0.4) is 0 Å². The molecule has 138 valence electrons. The molecule has 1 atom stereocenters. The summed E-state index contributed by atoms with van der Waals surface area (Å²) in [6.07, 6.45) is 7.38. The molecule has 1 heterocycles. The van der Waals surface area contributed by atoms with Crippen molar-refractivity contribution in [2.75, 3.05) is 13.2 Å². The van der Waals surface area contributed by atoms with E-state index in [-0.39, 0.29) is 4.90 Å². The zero-order chi connectivity index (χ0) is 17.9. The molecule has 1 saturated carbocycles. The van der Waals surface area contributed by atoms with Crippen molar-refractivity contribution in [2.45, 2.75) is 55.9 Å². The molecule has 0 aromatic heterocycles. The lowest BCUT2D eigenvalue weighted by Crippen LogP contribution is -2.43. The van der Waals surface area contributed by atoms with E-state index < -0.39 is 22.0 Å². The van der Waals surface area contributed by atoms with Crippen molar-refractivity contribution in [1.29, 1.82) is 0 Å². The van der Waals surface area contributed by atoms with Gasteiger partial charge >= 0.3 is 0 Å². The quantitative estimate of drug-likeness (QED) is 0.836. The van der Waals surface area contributed by atoms with Crippen molar-refractivity contribution in [3.05, 3.63) is 24.3 Å². The van der Waals surface area contributed by atoms with Gasteiger partial charge in [0.25, 0.3) is 0 Å². The van der Waals surface area contributed by atoms with Crippen LogP contribution in [0.4, 0.5) is 0 Å². The standard InChI is InChI=1S/C18H26N2O4S/c19-18(21)17-7-4-12-20(17)25(22,23)16-10-8-15(9-11-16)24-13-14-5-2-1-3-6-14/h8-11,14,17H,1-7,12-13H2,(H2,19,21)/t17-/m1/s1. The third-order valence-corrected chi connectivity index (χ3v) is 7.10. The van der Waals surface area contributed by atoms with Gasteiger partial charge in [-0.1, -0.05) is 19.3 Å². The Labute approximate surface area is 149 Å². The largest absolute Gasteiger partial charge is 0.493 e. The Bertz CT molecular complexity index is 696. The first-order chi connectivity index (χ1) is 12.0. The SMILES string of the molecule is NC(=O)[C@H]1CCCN1S(=O)(=O)c1ccc(OCC2CCCCC2)cc1. The van der Waals surface area contributed by atoms with Crippen LogP contribution in [0.1, 0.15) is 44.9 Å². The van der Waals surface area contributed by atoms with Gasteiger partial charge in [-0.15, -0.1) is 0 Å². The summed E-state index contributed by atoms with van der Waals surface area (Å²) in [6, 6.07) is 5.71. The Morgan fingerprint density at radius 3 is 2.40 bits per heavy atom. The third kappa shape index (κ3) is 4.15. The predicted molar refractivity (Wildman–Crippen MR) is 94.6 cm³/mol. The number of rotatable bonds is 6. The maximum absolute atomic E-state index is 12.7. The molecule has 0 unspecified atom stereocenters. The monoisotopic (exact) mass is 366 g/mol. The second-order valence-electron chi connectivity index (χ2n) is 6.96. The van der Waals surface area contributed by atoms with Crippen LogP contribution < -0.4 is 10.5 Å². The van der Waals surface area contributed by atoms with Gasteiger partial charge in [0.1, 0.15) is 11.8 Å². The number of nitrogens with zero attached hydrogens (tertiary/aromatic N) is 1. The molecule has 2 N–H and O–H groups in total. The van der Waals surface area contributed by atoms with Gasteiger partial charge < -0.3 is 10.5 Å². The number of amides is 1. The Hall–Kier alpha value is -1.60. The van der Waals surface area contributed by atoms with E-state index in [0.29, 0.717) is 37.7 Å². The van der Waals surface area contributed by atoms with E-state index in [9.17, 15) is 13.2 Å². The fraction of sp³-hybridized carbons (Fsp3) is 0.611. The summed E-state index contributed by atoms with van der Waals surface area (Å²) in [6.45, 7) is 1.01. The number of ether oxygens (including phenoxy) is 1. The summed E-state index contributed by atoms with van der Waals surface area (Å²) < 4.78 is 32.5. The minimum Gasteiger partial charge on any atom is -0.493 e. The van der Waals surface area contributed by atoms with Crippen LogP contribution in [0.2, 0.25) is 0 Å². The van der Waals surface area contributed by atoms with Crippen LogP contribution in [0, 0.1) is 5.92 Å². The smallest absolute Gasteiger partial charge is 0.243 e. The van der Waals surface area contributed by atoms with Gasteiger partial charge in [0.2, 0.25) is 15.9 Å². The van der Waals surface area contributed by atoms with Crippen molar-refractivity contribution in [1.82, 2.24) is 4.31 Å². The number of benzene rings is 1. The molecule has 25 heavy (non-hydrogen) atoms. The van der Waals surface area contributed by atoms with Crippen LogP contribution in [-0.4, -0.2) is 37.8 Å². The van der Waals surface area contributed by atoms with E-state index in [4.69, 9.17) is 10.5 Å². The molecule has 1 aliphatic heterocycles. The first-order valence-electron chi connectivity index (χ1n) is 9.02. The normalized spacial score (nSPS) is 22.8. The number of primary amides is 1. The zero-order valence-electron chi connectivity index (χ0n) is 14.4. The highest BCUT2D eigenvalue weighted by Crippen LogP contribution is 2.28. The lowest BCUT2D eigenvalue weighted by Gasteiger charge is -2.22. The van der Waals surface area contributed by atoms with Crippen LogP contribution in [0.15, 0.2) is 29.2 Å². The van der Waals surface area contributed by atoms with E-state index >= 15 is 0 Å². The Balaban J connectivity index is 1.65. The molecule has 3 rings (SSSR count). The van der Waals surface area contributed by atoms with E-state index in [2.05, 4.69) is 0 Å². The summed E-state index contributed by atoms with van der Waals surface area (Å²) in [4.78, 5) is 11.6. The Morgan fingerprint density at radius 1 is 1.08 bits per heavy atom. The molecule has 1 aliphatic carbocycles. The van der Waals surface area contributed by atoms with Crippen LogP contribution in [0.5, 0.6) is 5.75 Å². The number of hydrogen-bond donors (Lipinski definition) is 1. The minimum absolute atomic E-state index is 0.172. The molecule has 0 spiro atoms. The molecule has 1 amide bonds. The summed E-state index contributed by atoms with van der Waals surface area (Å²) in [5, 5.41) is 0. The maximum atomic E-state index is 12.7. The molecule has 0 radical (unpaired) electrons. The maximum Gasteiger partial charge on any atom is 0.243 e. The Kier molecular flexibility index (Phi) is 5.64. The van der Waals surface area contributed by atoms with Crippen molar-refractivity contribution >= 4 is 15.9 Å². The second-order valence-corrected chi connectivity index (χ2v) is 8.85. The molecule has 6 nitrogen and oxygen atoms in total. The van der Waals surface area contributed by atoms with E-state index in [1.165, 1.54) is 36.4 Å². The molecule has 1 saturated heterocycles. The van der Waals surface area contributed by atoms with Crippen LogP contribution in [-0.2, 0) is 14.8 Å². The molecule has 7 heteroatoms. The first-order valence-corrected chi connectivity index (χ1v) is 10.5. The average molecular weight is 366 g/mol. The molecular weight excluding hydrogens is 340 g/mol. The lowest BCUT2D eigenvalue weighted by atomic mass is 9.90. The fourth-order valence-electron chi connectivity index (χ4n) is 3.72. The molecule has 0 bridgehead atoms. The van der Waals surface area contributed by atoms with Gasteiger partial charge in [-0.2, -0.15) is 4.31 Å². The van der Waals surface area contributed by atoms with Crippen LogP contribution >= 0.6 is 0 Å². The molecular formula is C18H26N2O4S.